The van der Waals surface area contributed by atoms with Crippen molar-refractivity contribution in [3.8, 4) is 0 Å². The molecular weight excluding hydrogens is 370 g/mol. The highest BCUT2D eigenvalue weighted by molar-refractivity contribution is 5.94. The Hall–Kier alpha value is -2.17. The van der Waals surface area contributed by atoms with Gasteiger partial charge in [-0.25, -0.2) is 0 Å². The molecular formula is C26H35N3O. The highest BCUT2D eigenvalue weighted by atomic mass is 16.1. The highest BCUT2D eigenvalue weighted by Gasteiger charge is 2.12. The third kappa shape index (κ3) is 6.16. The summed E-state index contributed by atoms with van der Waals surface area (Å²) in [6.45, 7) is 7.37. The number of carbonyl (C=O) groups excluding carboxylic acids is 1. The van der Waals surface area contributed by atoms with Crippen LogP contribution in [-0.4, -0.2) is 41.9 Å². The van der Waals surface area contributed by atoms with Gasteiger partial charge in [0.1, 0.15) is 0 Å². The van der Waals surface area contributed by atoms with Crippen LogP contribution in [0.2, 0.25) is 0 Å². The molecule has 1 amide bonds. The molecule has 2 fully saturated rings. The van der Waals surface area contributed by atoms with Gasteiger partial charge in [0.05, 0.1) is 0 Å². The summed E-state index contributed by atoms with van der Waals surface area (Å²) in [7, 11) is 0. The van der Waals surface area contributed by atoms with Crippen molar-refractivity contribution in [1.82, 2.24) is 15.1 Å². The van der Waals surface area contributed by atoms with E-state index in [1.54, 1.807) is 0 Å². The molecule has 4 heteroatoms. The number of nitrogens with zero attached hydrogens (tertiary/aromatic N) is 2. The normalized spacial score (nSPS) is 18.3. The Morgan fingerprint density at radius 3 is 1.90 bits per heavy atom. The van der Waals surface area contributed by atoms with E-state index < -0.39 is 0 Å². The predicted molar refractivity (Wildman–Crippen MR) is 122 cm³/mol. The van der Waals surface area contributed by atoms with Crippen molar-refractivity contribution in [2.75, 3.05) is 26.2 Å². The van der Waals surface area contributed by atoms with E-state index in [1.165, 1.54) is 81.4 Å². The first-order valence-electron chi connectivity index (χ1n) is 11.7. The maximum atomic E-state index is 12.6. The van der Waals surface area contributed by atoms with Crippen LogP contribution >= 0.6 is 0 Å². The van der Waals surface area contributed by atoms with Crippen LogP contribution in [0, 0.1) is 0 Å². The Morgan fingerprint density at radius 2 is 1.27 bits per heavy atom. The van der Waals surface area contributed by atoms with Crippen LogP contribution in [0.15, 0.2) is 48.5 Å². The quantitative estimate of drug-likeness (QED) is 0.732. The van der Waals surface area contributed by atoms with Crippen molar-refractivity contribution in [3.63, 3.8) is 0 Å². The summed E-state index contributed by atoms with van der Waals surface area (Å²) >= 11 is 0. The summed E-state index contributed by atoms with van der Waals surface area (Å²) < 4.78 is 0. The van der Waals surface area contributed by atoms with Crippen LogP contribution in [-0.2, 0) is 19.6 Å². The van der Waals surface area contributed by atoms with E-state index in [0.29, 0.717) is 6.54 Å². The molecule has 2 aromatic carbocycles. The van der Waals surface area contributed by atoms with Gasteiger partial charge in [0.2, 0.25) is 0 Å². The summed E-state index contributed by atoms with van der Waals surface area (Å²) in [5.74, 6) is 0.000885. The molecule has 2 heterocycles. The molecule has 4 nitrogen and oxygen atoms in total. The first-order chi connectivity index (χ1) is 14.8. The lowest BCUT2D eigenvalue weighted by atomic mass is 10.1. The number of amides is 1. The van der Waals surface area contributed by atoms with Crippen molar-refractivity contribution >= 4 is 5.91 Å². The Morgan fingerprint density at radius 1 is 0.700 bits per heavy atom. The van der Waals surface area contributed by atoms with Crippen molar-refractivity contribution in [1.29, 1.82) is 0 Å². The van der Waals surface area contributed by atoms with Gasteiger partial charge in [-0.2, -0.15) is 0 Å². The molecule has 0 spiro atoms. The van der Waals surface area contributed by atoms with Crippen molar-refractivity contribution < 1.29 is 4.79 Å². The first kappa shape index (κ1) is 21.1. The molecule has 2 aromatic rings. The molecule has 2 aliphatic rings. The molecule has 2 aliphatic heterocycles. The second-order valence-corrected chi connectivity index (χ2v) is 8.87. The van der Waals surface area contributed by atoms with E-state index in [1.807, 2.05) is 12.1 Å². The van der Waals surface area contributed by atoms with Gasteiger partial charge >= 0.3 is 0 Å². The summed E-state index contributed by atoms with van der Waals surface area (Å²) in [5.41, 5.74) is 4.53. The lowest BCUT2D eigenvalue weighted by molar-refractivity contribution is 0.0951. The fourth-order valence-electron chi connectivity index (χ4n) is 4.64. The van der Waals surface area contributed by atoms with Crippen molar-refractivity contribution in [3.05, 3.63) is 70.8 Å². The van der Waals surface area contributed by atoms with Gasteiger partial charge in [-0.05, 0) is 80.7 Å². The van der Waals surface area contributed by atoms with Gasteiger partial charge in [-0.15, -0.1) is 0 Å². The Kier molecular flexibility index (Phi) is 7.54. The molecule has 4 rings (SSSR count). The van der Waals surface area contributed by atoms with E-state index in [2.05, 4.69) is 51.5 Å². The zero-order valence-corrected chi connectivity index (χ0v) is 18.1. The van der Waals surface area contributed by atoms with Crippen LogP contribution in [0.5, 0.6) is 0 Å². The van der Waals surface area contributed by atoms with Crippen molar-refractivity contribution in [2.24, 2.45) is 0 Å². The molecule has 30 heavy (non-hydrogen) atoms. The van der Waals surface area contributed by atoms with E-state index in [4.69, 9.17) is 0 Å². The van der Waals surface area contributed by atoms with Gasteiger partial charge in [-0.1, -0.05) is 49.2 Å². The largest absolute Gasteiger partial charge is 0.348 e. The lowest BCUT2D eigenvalue weighted by Gasteiger charge is -2.26. The number of piperidine rings is 2. The lowest BCUT2D eigenvalue weighted by Crippen LogP contribution is -2.29. The van der Waals surface area contributed by atoms with Crippen LogP contribution in [0.1, 0.15) is 65.6 Å². The van der Waals surface area contributed by atoms with E-state index >= 15 is 0 Å². The second kappa shape index (κ2) is 10.7. The Labute approximate surface area is 181 Å². The number of rotatable bonds is 7. The zero-order chi connectivity index (χ0) is 20.6. The molecule has 0 aromatic heterocycles. The smallest absolute Gasteiger partial charge is 0.251 e. The minimum Gasteiger partial charge on any atom is -0.348 e. The average molecular weight is 406 g/mol. The first-order valence-corrected chi connectivity index (χ1v) is 11.7. The topological polar surface area (TPSA) is 35.6 Å². The second-order valence-electron chi connectivity index (χ2n) is 8.87. The molecule has 160 valence electrons. The predicted octanol–water partition coefficient (Wildman–Crippen LogP) is 4.59. The molecule has 0 unspecified atom stereocenters. The van der Waals surface area contributed by atoms with E-state index in [0.717, 1.165) is 18.7 Å². The van der Waals surface area contributed by atoms with Crippen LogP contribution in [0.4, 0.5) is 0 Å². The molecule has 0 bridgehead atoms. The van der Waals surface area contributed by atoms with Gasteiger partial charge < -0.3 is 5.32 Å². The van der Waals surface area contributed by atoms with E-state index in [9.17, 15) is 4.79 Å². The number of hydrogen-bond acceptors (Lipinski definition) is 3. The minimum absolute atomic E-state index is 0.000885. The zero-order valence-electron chi connectivity index (χ0n) is 18.1. The number of nitrogens with one attached hydrogen (secondary N) is 1. The van der Waals surface area contributed by atoms with Crippen molar-refractivity contribution in [2.45, 2.75) is 58.2 Å². The maximum absolute atomic E-state index is 12.6. The third-order valence-corrected chi connectivity index (χ3v) is 6.37. The van der Waals surface area contributed by atoms with Crippen LogP contribution in [0.25, 0.3) is 0 Å². The standard InChI is InChI=1S/C26H35N3O/c30-26(25-12-10-22(11-13-25)20-28-14-3-1-4-15-28)27-19-23-8-7-9-24(18-23)21-29-16-5-2-6-17-29/h7-13,18H,1-6,14-17,19-21H2,(H,27,30). The molecule has 2 saturated heterocycles. The summed E-state index contributed by atoms with van der Waals surface area (Å²) in [4.78, 5) is 17.6. The number of benzene rings is 2. The monoisotopic (exact) mass is 405 g/mol. The van der Waals surface area contributed by atoms with Crippen LogP contribution < -0.4 is 5.32 Å². The molecule has 0 aliphatic carbocycles. The number of carbonyl (C=O) groups is 1. The minimum atomic E-state index is 0.000885. The fourth-order valence-corrected chi connectivity index (χ4v) is 4.64. The highest BCUT2D eigenvalue weighted by Crippen LogP contribution is 2.15. The summed E-state index contributed by atoms with van der Waals surface area (Å²) in [6.07, 6.45) is 7.96. The molecule has 0 atom stereocenters. The maximum Gasteiger partial charge on any atom is 0.251 e. The van der Waals surface area contributed by atoms with Gasteiger partial charge in [-0.3, -0.25) is 14.6 Å². The fraction of sp³-hybridized carbons (Fsp3) is 0.500. The Bertz CT molecular complexity index is 805. The molecule has 1 N–H and O–H groups in total. The third-order valence-electron chi connectivity index (χ3n) is 6.37. The number of hydrogen-bond donors (Lipinski definition) is 1. The molecule has 0 saturated carbocycles. The van der Waals surface area contributed by atoms with Gasteiger partial charge in [0.15, 0.2) is 0 Å². The van der Waals surface area contributed by atoms with E-state index in [-0.39, 0.29) is 5.91 Å². The van der Waals surface area contributed by atoms with Gasteiger partial charge in [0.25, 0.3) is 5.91 Å². The summed E-state index contributed by atoms with van der Waals surface area (Å²) in [5, 5.41) is 3.08. The Balaban J connectivity index is 1.27. The SMILES string of the molecule is O=C(NCc1cccc(CN2CCCCC2)c1)c1ccc(CN2CCCCC2)cc1. The molecule has 0 radical (unpaired) electrons. The average Bonchev–Trinajstić information content (AvgIpc) is 2.80. The van der Waals surface area contributed by atoms with Gasteiger partial charge in [0, 0.05) is 25.2 Å². The summed E-state index contributed by atoms with van der Waals surface area (Å²) in [6, 6.07) is 16.8. The number of likely N-dealkylation sites (tertiary alicyclic amines) is 2. The van der Waals surface area contributed by atoms with Crippen LogP contribution in [0.3, 0.4) is 0 Å².